The Bertz CT molecular complexity index is 382. The molecule has 0 spiro atoms. The van der Waals surface area contributed by atoms with E-state index in [4.69, 9.17) is 10.5 Å². The highest BCUT2D eigenvalue weighted by molar-refractivity contribution is 5.29. The maximum absolute atomic E-state index is 13.4. The Labute approximate surface area is 101 Å². The Balaban J connectivity index is 2.43. The van der Waals surface area contributed by atoms with Crippen LogP contribution in [0.5, 0.6) is 5.75 Å². The van der Waals surface area contributed by atoms with Crippen molar-refractivity contribution >= 4 is 0 Å². The molecule has 3 nitrogen and oxygen atoms in total. The average Bonchev–Trinajstić information content (AvgIpc) is 2.26. The van der Waals surface area contributed by atoms with Gasteiger partial charge in [0.05, 0.1) is 6.61 Å². The van der Waals surface area contributed by atoms with E-state index in [1.807, 2.05) is 0 Å². The van der Waals surface area contributed by atoms with Crippen LogP contribution < -0.4 is 10.5 Å². The number of hydrogen-bond acceptors (Lipinski definition) is 3. The maximum Gasteiger partial charge on any atom is 0.522 e. The van der Waals surface area contributed by atoms with Crippen LogP contribution in [0.25, 0.3) is 0 Å². The largest absolute Gasteiger partial charge is 0.522 e. The minimum absolute atomic E-state index is 0.110. The van der Waals surface area contributed by atoms with E-state index in [1.54, 1.807) is 6.07 Å². The lowest BCUT2D eigenvalue weighted by molar-refractivity contribution is -0.325. The molecule has 0 aliphatic heterocycles. The van der Waals surface area contributed by atoms with Crippen LogP contribution in [0.1, 0.15) is 5.56 Å². The van der Waals surface area contributed by atoms with Gasteiger partial charge in [0.1, 0.15) is 6.61 Å². The van der Waals surface area contributed by atoms with Gasteiger partial charge in [-0.1, -0.05) is 6.07 Å². The fourth-order valence-electron chi connectivity index (χ4n) is 1.29. The SMILES string of the molecule is NCCc1ccc(OCCOC(F)(F)F)c(F)c1. The first-order chi connectivity index (χ1) is 8.42. The minimum Gasteiger partial charge on any atom is -0.488 e. The highest BCUT2D eigenvalue weighted by Crippen LogP contribution is 2.19. The summed E-state index contributed by atoms with van der Waals surface area (Å²) in [6, 6.07) is 4.20. The summed E-state index contributed by atoms with van der Waals surface area (Å²) in [5.74, 6) is -0.741. The second kappa shape index (κ2) is 6.55. The van der Waals surface area contributed by atoms with Crippen molar-refractivity contribution in [2.45, 2.75) is 12.8 Å². The molecule has 7 heteroatoms. The van der Waals surface area contributed by atoms with E-state index < -0.39 is 18.8 Å². The van der Waals surface area contributed by atoms with Gasteiger partial charge in [0.2, 0.25) is 0 Å². The maximum atomic E-state index is 13.4. The molecule has 1 aromatic rings. The first-order valence-electron chi connectivity index (χ1n) is 5.24. The molecule has 0 aliphatic rings. The predicted octanol–water partition coefficient (Wildman–Crippen LogP) is 2.24. The van der Waals surface area contributed by atoms with Gasteiger partial charge in [-0.25, -0.2) is 4.39 Å². The molecule has 0 bridgehead atoms. The molecule has 0 saturated carbocycles. The van der Waals surface area contributed by atoms with Gasteiger partial charge in [-0.3, -0.25) is 4.74 Å². The molecule has 102 valence electrons. The number of ether oxygens (including phenoxy) is 2. The number of hydrogen-bond donors (Lipinski definition) is 1. The van der Waals surface area contributed by atoms with E-state index in [-0.39, 0.29) is 12.4 Å². The second-order valence-electron chi connectivity index (χ2n) is 3.45. The van der Waals surface area contributed by atoms with Crippen LogP contribution in [-0.2, 0) is 11.2 Å². The Kier molecular flexibility index (Phi) is 5.36. The van der Waals surface area contributed by atoms with Crippen LogP contribution in [0.3, 0.4) is 0 Å². The van der Waals surface area contributed by atoms with Crippen LogP contribution in [0.2, 0.25) is 0 Å². The van der Waals surface area contributed by atoms with Crippen LogP contribution in [0, 0.1) is 5.82 Å². The van der Waals surface area contributed by atoms with E-state index in [2.05, 4.69) is 4.74 Å². The molecule has 0 radical (unpaired) electrons. The fraction of sp³-hybridized carbons (Fsp3) is 0.455. The molecule has 0 saturated heterocycles. The van der Waals surface area contributed by atoms with Gasteiger partial charge >= 0.3 is 6.36 Å². The first kappa shape index (κ1) is 14.7. The molecule has 2 N–H and O–H groups in total. The molecule has 0 aromatic heterocycles. The Morgan fingerprint density at radius 1 is 1.17 bits per heavy atom. The lowest BCUT2D eigenvalue weighted by Crippen LogP contribution is -2.18. The summed E-state index contributed by atoms with van der Waals surface area (Å²) < 4.78 is 56.6. The molecule has 0 unspecified atom stereocenters. The average molecular weight is 267 g/mol. The number of nitrogens with two attached hydrogens (primary N) is 1. The minimum atomic E-state index is -4.70. The quantitative estimate of drug-likeness (QED) is 0.635. The first-order valence-corrected chi connectivity index (χ1v) is 5.24. The number of halogens is 4. The van der Waals surface area contributed by atoms with Gasteiger partial charge in [0, 0.05) is 0 Å². The smallest absolute Gasteiger partial charge is 0.488 e. The van der Waals surface area contributed by atoms with Crippen molar-refractivity contribution in [3.8, 4) is 5.75 Å². The van der Waals surface area contributed by atoms with Crippen molar-refractivity contribution in [3.63, 3.8) is 0 Å². The van der Waals surface area contributed by atoms with Crippen LogP contribution in [-0.4, -0.2) is 26.1 Å². The Morgan fingerprint density at radius 2 is 1.89 bits per heavy atom. The fourth-order valence-corrected chi connectivity index (χ4v) is 1.29. The van der Waals surface area contributed by atoms with Crippen molar-refractivity contribution in [3.05, 3.63) is 29.6 Å². The zero-order valence-corrected chi connectivity index (χ0v) is 9.47. The lowest BCUT2D eigenvalue weighted by Gasteiger charge is -2.10. The molecule has 0 heterocycles. The zero-order chi connectivity index (χ0) is 13.6. The van der Waals surface area contributed by atoms with Crippen molar-refractivity contribution in [2.75, 3.05) is 19.8 Å². The third kappa shape index (κ3) is 5.33. The lowest BCUT2D eigenvalue weighted by atomic mass is 10.1. The van der Waals surface area contributed by atoms with E-state index >= 15 is 0 Å². The molecular weight excluding hydrogens is 254 g/mol. The normalized spacial score (nSPS) is 11.6. The standard InChI is InChI=1S/C11H13F4NO2/c12-9-7-8(3-4-16)1-2-10(9)17-5-6-18-11(13,14)15/h1-2,7H,3-6,16H2. The van der Waals surface area contributed by atoms with Crippen LogP contribution >= 0.6 is 0 Å². The molecule has 0 aliphatic carbocycles. The molecule has 0 fully saturated rings. The monoisotopic (exact) mass is 267 g/mol. The summed E-state index contributed by atoms with van der Waals surface area (Å²) in [4.78, 5) is 0. The predicted molar refractivity (Wildman–Crippen MR) is 56.7 cm³/mol. The van der Waals surface area contributed by atoms with Crippen molar-refractivity contribution < 1.29 is 27.0 Å². The van der Waals surface area contributed by atoms with E-state index in [1.165, 1.54) is 12.1 Å². The number of alkyl halides is 3. The van der Waals surface area contributed by atoms with E-state index in [0.717, 1.165) is 0 Å². The Hall–Kier alpha value is -1.34. The zero-order valence-electron chi connectivity index (χ0n) is 9.47. The highest BCUT2D eigenvalue weighted by Gasteiger charge is 2.28. The molecule has 18 heavy (non-hydrogen) atoms. The number of rotatable bonds is 6. The third-order valence-electron chi connectivity index (χ3n) is 2.04. The molecule has 0 atom stereocenters. The second-order valence-corrected chi connectivity index (χ2v) is 3.45. The van der Waals surface area contributed by atoms with Crippen molar-refractivity contribution in [1.82, 2.24) is 0 Å². The van der Waals surface area contributed by atoms with Crippen molar-refractivity contribution in [1.29, 1.82) is 0 Å². The molecular formula is C11H13F4NO2. The Morgan fingerprint density at radius 3 is 2.44 bits per heavy atom. The van der Waals surface area contributed by atoms with Gasteiger partial charge < -0.3 is 10.5 Å². The summed E-state index contributed by atoms with van der Waals surface area (Å²) in [6.45, 7) is -0.681. The summed E-state index contributed by atoms with van der Waals surface area (Å²) in [5, 5.41) is 0. The van der Waals surface area contributed by atoms with Gasteiger partial charge in [-0.05, 0) is 30.7 Å². The molecule has 1 aromatic carbocycles. The summed E-state index contributed by atoms with van der Waals surface area (Å²) >= 11 is 0. The molecule has 0 amide bonds. The summed E-state index contributed by atoms with van der Waals surface area (Å²) in [5.41, 5.74) is 6.01. The van der Waals surface area contributed by atoms with E-state index in [9.17, 15) is 17.6 Å². The van der Waals surface area contributed by atoms with Gasteiger partial charge in [0.15, 0.2) is 11.6 Å². The number of benzene rings is 1. The van der Waals surface area contributed by atoms with Gasteiger partial charge in [-0.2, -0.15) is 0 Å². The topological polar surface area (TPSA) is 44.5 Å². The van der Waals surface area contributed by atoms with Crippen LogP contribution in [0.4, 0.5) is 17.6 Å². The molecule has 1 rings (SSSR count). The summed E-state index contributed by atoms with van der Waals surface area (Å²) in [7, 11) is 0. The van der Waals surface area contributed by atoms with Crippen LogP contribution in [0.15, 0.2) is 18.2 Å². The van der Waals surface area contributed by atoms with E-state index in [0.29, 0.717) is 18.5 Å². The van der Waals surface area contributed by atoms with Gasteiger partial charge in [-0.15, -0.1) is 13.2 Å². The highest BCUT2D eigenvalue weighted by atomic mass is 19.4. The van der Waals surface area contributed by atoms with Crippen molar-refractivity contribution in [2.24, 2.45) is 5.73 Å². The summed E-state index contributed by atoms with van der Waals surface area (Å²) in [6.07, 6.45) is -4.18. The van der Waals surface area contributed by atoms with Gasteiger partial charge in [0.25, 0.3) is 0 Å². The third-order valence-corrected chi connectivity index (χ3v) is 2.04.